The fourth-order valence-electron chi connectivity index (χ4n) is 2.43. The van der Waals surface area contributed by atoms with Crippen LogP contribution < -0.4 is 4.90 Å². The number of hydrogen-bond acceptors (Lipinski definition) is 1. The third-order valence-electron chi connectivity index (χ3n) is 3.40. The minimum absolute atomic E-state index is 1.14. The number of aryl methyl sites for hydroxylation is 2. The van der Waals surface area contributed by atoms with E-state index < -0.39 is 0 Å². The average Bonchev–Trinajstić information content (AvgIpc) is 2.49. The van der Waals surface area contributed by atoms with Crippen LogP contribution in [0, 0.1) is 0 Å². The molecule has 0 aliphatic carbocycles. The van der Waals surface area contributed by atoms with Crippen molar-refractivity contribution in [2.45, 2.75) is 39.5 Å². The molecule has 0 saturated carbocycles. The Hall–Kier alpha value is -0.980. The van der Waals surface area contributed by atoms with Crippen LogP contribution in [-0.4, -0.2) is 13.1 Å². The molecule has 0 aromatic heterocycles. The zero-order valence-corrected chi connectivity index (χ0v) is 9.92. The molecule has 0 unspecified atom stereocenters. The Balaban J connectivity index is 2.36. The van der Waals surface area contributed by atoms with Gasteiger partial charge in [-0.15, -0.1) is 0 Å². The predicted molar refractivity (Wildman–Crippen MR) is 66.6 cm³/mol. The van der Waals surface area contributed by atoms with E-state index in [1.165, 1.54) is 37.1 Å². The highest BCUT2D eigenvalue weighted by Gasteiger charge is 2.13. The van der Waals surface area contributed by atoms with Crippen molar-refractivity contribution in [3.8, 4) is 0 Å². The maximum absolute atomic E-state index is 2.52. The van der Waals surface area contributed by atoms with Gasteiger partial charge in [-0.1, -0.05) is 19.1 Å². The standard InChI is InChI=1S/C14H21N/c1-3-12-8-9-14-13(11-12)7-5-6-10-15(14)4-2/h8-9,11H,3-7,10H2,1-2H3. The van der Waals surface area contributed by atoms with Gasteiger partial charge in [0.15, 0.2) is 0 Å². The Morgan fingerprint density at radius 2 is 2.07 bits per heavy atom. The second kappa shape index (κ2) is 4.69. The van der Waals surface area contributed by atoms with Gasteiger partial charge in [-0.05, 0) is 49.8 Å². The van der Waals surface area contributed by atoms with Gasteiger partial charge in [0.1, 0.15) is 0 Å². The van der Waals surface area contributed by atoms with Crippen LogP contribution in [0.25, 0.3) is 0 Å². The first-order valence-electron chi connectivity index (χ1n) is 6.22. The summed E-state index contributed by atoms with van der Waals surface area (Å²) in [5, 5.41) is 0. The first-order valence-corrected chi connectivity index (χ1v) is 6.22. The molecule has 1 nitrogen and oxygen atoms in total. The second-order valence-electron chi connectivity index (χ2n) is 4.35. The number of nitrogens with zero attached hydrogens (tertiary/aromatic N) is 1. The molecule has 82 valence electrons. The molecule has 1 heteroatoms. The molecule has 15 heavy (non-hydrogen) atoms. The summed E-state index contributed by atoms with van der Waals surface area (Å²) in [5.41, 5.74) is 4.52. The number of benzene rings is 1. The van der Waals surface area contributed by atoms with E-state index >= 15 is 0 Å². The van der Waals surface area contributed by atoms with E-state index in [2.05, 4.69) is 36.9 Å². The maximum Gasteiger partial charge on any atom is 0.0398 e. The summed E-state index contributed by atoms with van der Waals surface area (Å²) in [6.07, 6.45) is 5.10. The normalized spacial score (nSPS) is 16.0. The van der Waals surface area contributed by atoms with Crippen molar-refractivity contribution in [2.75, 3.05) is 18.0 Å². The minimum Gasteiger partial charge on any atom is -0.372 e. The van der Waals surface area contributed by atoms with Gasteiger partial charge in [0, 0.05) is 18.8 Å². The van der Waals surface area contributed by atoms with Crippen LogP contribution in [0.5, 0.6) is 0 Å². The molecule has 0 atom stereocenters. The second-order valence-corrected chi connectivity index (χ2v) is 4.35. The minimum atomic E-state index is 1.14. The summed E-state index contributed by atoms with van der Waals surface area (Å²) in [6.45, 7) is 6.85. The molecular weight excluding hydrogens is 182 g/mol. The van der Waals surface area contributed by atoms with E-state index in [9.17, 15) is 0 Å². The van der Waals surface area contributed by atoms with Crippen LogP contribution in [0.3, 0.4) is 0 Å². The largest absolute Gasteiger partial charge is 0.372 e. The van der Waals surface area contributed by atoms with Gasteiger partial charge in [0.25, 0.3) is 0 Å². The zero-order chi connectivity index (χ0) is 10.7. The van der Waals surface area contributed by atoms with Crippen molar-refractivity contribution in [2.24, 2.45) is 0 Å². The summed E-state index contributed by atoms with van der Waals surface area (Å²) in [6, 6.07) is 7.01. The Morgan fingerprint density at radius 3 is 2.80 bits per heavy atom. The van der Waals surface area contributed by atoms with Gasteiger partial charge >= 0.3 is 0 Å². The first-order chi connectivity index (χ1) is 7.35. The van der Waals surface area contributed by atoms with Gasteiger partial charge in [-0.25, -0.2) is 0 Å². The molecule has 1 aliphatic heterocycles. The topological polar surface area (TPSA) is 3.24 Å². The summed E-state index contributed by atoms with van der Waals surface area (Å²) in [4.78, 5) is 2.52. The smallest absolute Gasteiger partial charge is 0.0398 e. The molecular formula is C14H21N. The molecule has 0 radical (unpaired) electrons. The number of rotatable bonds is 2. The van der Waals surface area contributed by atoms with Crippen molar-refractivity contribution < 1.29 is 0 Å². The van der Waals surface area contributed by atoms with Crippen molar-refractivity contribution >= 4 is 5.69 Å². The molecule has 0 saturated heterocycles. The molecule has 1 aromatic rings. The van der Waals surface area contributed by atoms with Crippen molar-refractivity contribution in [1.29, 1.82) is 0 Å². The lowest BCUT2D eigenvalue weighted by Gasteiger charge is -2.23. The highest BCUT2D eigenvalue weighted by atomic mass is 15.1. The van der Waals surface area contributed by atoms with Gasteiger partial charge < -0.3 is 4.90 Å². The van der Waals surface area contributed by atoms with E-state index in [0.717, 1.165) is 13.0 Å². The molecule has 1 aromatic carbocycles. The van der Waals surface area contributed by atoms with Crippen molar-refractivity contribution in [3.05, 3.63) is 29.3 Å². The Morgan fingerprint density at radius 1 is 1.20 bits per heavy atom. The Labute approximate surface area is 93.1 Å². The van der Waals surface area contributed by atoms with Crippen molar-refractivity contribution in [1.82, 2.24) is 0 Å². The van der Waals surface area contributed by atoms with Crippen LogP contribution >= 0.6 is 0 Å². The highest BCUT2D eigenvalue weighted by molar-refractivity contribution is 5.55. The molecule has 2 rings (SSSR count). The first kappa shape index (κ1) is 10.5. The lowest BCUT2D eigenvalue weighted by atomic mass is 10.0. The van der Waals surface area contributed by atoms with E-state index in [4.69, 9.17) is 0 Å². The molecule has 1 heterocycles. The number of hydrogen-bond donors (Lipinski definition) is 0. The van der Waals surface area contributed by atoms with Crippen LogP contribution in [0.2, 0.25) is 0 Å². The summed E-state index contributed by atoms with van der Waals surface area (Å²) in [5.74, 6) is 0. The highest BCUT2D eigenvalue weighted by Crippen LogP contribution is 2.27. The van der Waals surface area contributed by atoms with Crippen LogP contribution in [0.4, 0.5) is 5.69 Å². The van der Waals surface area contributed by atoms with Crippen LogP contribution in [0.1, 0.15) is 37.8 Å². The molecule has 1 aliphatic rings. The van der Waals surface area contributed by atoms with Crippen molar-refractivity contribution in [3.63, 3.8) is 0 Å². The molecule has 0 N–H and O–H groups in total. The fraction of sp³-hybridized carbons (Fsp3) is 0.571. The molecule has 0 amide bonds. The molecule has 0 spiro atoms. The summed E-state index contributed by atoms with van der Waals surface area (Å²) in [7, 11) is 0. The fourth-order valence-corrected chi connectivity index (χ4v) is 2.43. The monoisotopic (exact) mass is 203 g/mol. The van der Waals surface area contributed by atoms with Gasteiger partial charge in [-0.2, -0.15) is 0 Å². The Kier molecular flexibility index (Phi) is 3.30. The van der Waals surface area contributed by atoms with Gasteiger partial charge in [0.05, 0.1) is 0 Å². The van der Waals surface area contributed by atoms with E-state index in [-0.39, 0.29) is 0 Å². The number of anilines is 1. The quantitative estimate of drug-likeness (QED) is 0.712. The third-order valence-corrected chi connectivity index (χ3v) is 3.40. The van der Waals surface area contributed by atoms with Crippen LogP contribution in [-0.2, 0) is 12.8 Å². The third kappa shape index (κ3) is 2.17. The van der Waals surface area contributed by atoms with Gasteiger partial charge in [-0.3, -0.25) is 0 Å². The van der Waals surface area contributed by atoms with Crippen LogP contribution in [0.15, 0.2) is 18.2 Å². The summed E-state index contributed by atoms with van der Waals surface area (Å²) < 4.78 is 0. The average molecular weight is 203 g/mol. The predicted octanol–water partition coefficient (Wildman–Crippen LogP) is 3.41. The molecule has 0 bridgehead atoms. The SMILES string of the molecule is CCc1ccc2c(c1)CCCCN2CC. The number of fused-ring (bicyclic) bond motifs is 1. The molecule has 0 fully saturated rings. The van der Waals surface area contributed by atoms with E-state index in [0.29, 0.717) is 0 Å². The lowest BCUT2D eigenvalue weighted by Crippen LogP contribution is -2.23. The van der Waals surface area contributed by atoms with Gasteiger partial charge in [0.2, 0.25) is 0 Å². The summed E-state index contributed by atoms with van der Waals surface area (Å²) >= 11 is 0. The zero-order valence-electron chi connectivity index (χ0n) is 9.92. The van der Waals surface area contributed by atoms with E-state index in [1.807, 2.05) is 0 Å². The maximum atomic E-state index is 2.52. The Bertz CT molecular complexity index is 330. The van der Waals surface area contributed by atoms with E-state index in [1.54, 1.807) is 5.56 Å². The lowest BCUT2D eigenvalue weighted by molar-refractivity contribution is 0.727.